The third kappa shape index (κ3) is 1.80. The average Bonchev–Trinajstić information content (AvgIpc) is 2.36. The number of rotatable bonds is 2. The first-order valence-electron chi connectivity index (χ1n) is 3.69. The van der Waals surface area contributed by atoms with Crippen LogP contribution < -0.4 is 0 Å². The summed E-state index contributed by atoms with van der Waals surface area (Å²) < 4.78 is 0. The van der Waals surface area contributed by atoms with Gasteiger partial charge in [-0.2, -0.15) is 5.26 Å². The zero-order valence-electron chi connectivity index (χ0n) is 6.83. The standard InChI is InChI=1S/C7H10ClN3O/c1-10-2-3-11(7(10)12)5-6(8)4-9/h6H,2-3,5H2,1H3. The Morgan fingerprint density at radius 1 is 1.75 bits per heavy atom. The minimum atomic E-state index is -0.597. The number of carbonyl (C=O) groups excluding carboxylic acids is 1. The molecule has 0 bridgehead atoms. The number of carbonyl (C=O) groups is 1. The van der Waals surface area contributed by atoms with Gasteiger partial charge in [-0.05, 0) is 0 Å². The highest BCUT2D eigenvalue weighted by molar-refractivity contribution is 6.22. The fraction of sp³-hybridized carbons (Fsp3) is 0.714. The Morgan fingerprint density at radius 3 is 2.83 bits per heavy atom. The summed E-state index contributed by atoms with van der Waals surface area (Å²) in [6, 6.07) is 1.83. The Labute approximate surface area is 76.3 Å². The van der Waals surface area contributed by atoms with Gasteiger partial charge in [0.25, 0.3) is 0 Å². The van der Waals surface area contributed by atoms with E-state index in [-0.39, 0.29) is 6.03 Å². The Kier molecular flexibility index (Phi) is 2.77. The Morgan fingerprint density at radius 2 is 2.42 bits per heavy atom. The van der Waals surface area contributed by atoms with Crippen LogP contribution in [0.1, 0.15) is 0 Å². The van der Waals surface area contributed by atoms with Gasteiger partial charge in [-0.3, -0.25) is 0 Å². The molecule has 0 N–H and O–H groups in total. The lowest BCUT2D eigenvalue weighted by molar-refractivity contribution is 0.199. The summed E-state index contributed by atoms with van der Waals surface area (Å²) in [7, 11) is 1.73. The number of amides is 2. The molecule has 12 heavy (non-hydrogen) atoms. The number of nitrogens with zero attached hydrogens (tertiary/aromatic N) is 3. The van der Waals surface area contributed by atoms with Crippen LogP contribution >= 0.6 is 11.6 Å². The van der Waals surface area contributed by atoms with E-state index >= 15 is 0 Å². The summed E-state index contributed by atoms with van der Waals surface area (Å²) in [4.78, 5) is 14.4. The number of halogens is 1. The van der Waals surface area contributed by atoms with E-state index in [1.165, 1.54) is 0 Å². The maximum atomic E-state index is 11.2. The number of urea groups is 1. The van der Waals surface area contributed by atoms with Gasteiger partial charge in [0, 0.05) is 20.1 Å². The van der Waals surface area contributed by atoms with E-state index in [4.69, 9.17) is 16.9 Å². The number of nitriles is 1. The van der Waals surface area contributed by atoms with Gasteiger partial charge in [0.2, 0.25) is 0 Å². The Hall–Kier alpha value is -0.950. The summed E-state index contributed by atoms with van der Waals surface area (Å²) >= 11 is 5.58. The first-order chi connectivity index (χ1) is 5.65. The predicted molar refractivity (Wildman–Crippen MR) is 44.9 cm³/mol. The van der Waals surface area contributed by atoms with Crippen LogP contribution in [0.2, 0.25) is 0 Å². The zero-order chi connectivity index (χ0) is 9.14. The molecule has 4 nitrogen and oxygen atoms in total. The van der Waals surface area contributed by atoms with Gasteiger partial charge in [0.1, 0.15) is 5.38 Å². The molecule has 1 aliphatic rings. The van der Waals surface area contributed by atoms with Crippen molar-refractivity contribution in [3.63, 3.8) is 0 Å². The highest BCUT2D eigenvalue weighted by Crippen LogP contribution is 2.08. The third-order valence-corrected chi connectivity index (χ3v) is 2.06. The topological polar surface area (TPSA) is 47.3 Å². The molecule has 1 atom stereocenters. The SMILES string of the molecule is CN1CCN(CC(Cl)C#N)C1=O. The molecule has 66 valence electrons. The summed E-state index contributed by atoms with van der Waals surface area (Å²) in [6.45, 7) is 1.70. The molecule has 1 aliphatic heterocycles. The third-order valence-electron chi connectivity index (χ3n) is 1.82. The Balaban J connectivity index is 2.45. The molecular formula is C7H10ClN3O. The molecule has 0 radical (unpaired) electrons. The van der Waals surface area contributed by atoms with Crippen molar-refractivity contribution in [1.29, 1.82) is 5.26 Å². The minimum absolute atomic E-state index is 0.0455. The summed E-state index contributed by atoms with van der Waals surface area (Å²) in [5.41, 5.74) is 0. The average molecular weight is 188 g/mol. The number of alkyl halides is 1. The van der Waals surface area contributed by atoms with Crippen LogP contribution in [0.15, 0.2) is 0 Å². The van der Waals surface area contributed by atoms with Gasteiger partial charge in [0.15, 0.2) is 0 Å². The van der Waals surface area contributed by atoms with Gasteiger partial charge in [0.05, 0.1) is 12.6 Å². The second-order valence-electron chi connectivity index (χ2n) is 2.75. The second-order valence-corrected chi connectivity index (χ2v) is 3.27. The molecule has 1 heterocycles. The lowest BCUT2D eigenvalue weighted by Crippen LogP contribution is -2.33. The van der Waals surface area contributed by atoms with E-state index in [1.54, 1.807) is 16.8 Å². The van der Waals surface area contributed by atoms with E-state index in [9.17, 15) is 4.79 Å². The van der Waals surface area contributed by atoms with E-state index in [2.05, 4.69) is 0 Å². The minimum Gasteiger partial charge on any atom is -0.326 e. The fourth-order valence-electron chi connectivity index (χ4n) is 1.11. The number of likely N-dealkylation sites (N-methyl/N-ethyl adjacent to an activating group) is 1. The van der Waals surface area contributed by atoms with Gasteiger partial charge < -0.3 is 9.80 Å². The van der Waals surface area contributed by atoms with Gasteiger partial charge >= 0.3 is 6.03 Å². The van der Waals surface area contributed by atoms with Gasteiger partial charge in [-0.1, -0.05) is 0 Å². The van der Waals surface area contributed by atoms with Crippen molar-refractivity contribution in [2.45, 2.75) is 5.38 Å². The molecule has 5 heteroatoms. The quantitative estimate of drug-likeness (QED) is 0.591. The van der Waals surface area contributed by atoms with Crippen molar-refractivity contribution in [3.8, 4) is 6.07 Å². The molecule has 1 saturated heterocycles. The maximum absolute atomic E-state index is 11.2. The molecule has 0 aromatic rings. The van der Waals surface area contributed by atoms with Crippen LogP contribution in [0.3, 0.4) is 0 Å². The van der Waals surface area contributed by atoms with Crippen LogP contribution in [0.25, 0.3) is 0 Å². The van der Waals surface area contributed by atoms with Crippen molar-refractivity contribution < 1.29 is 4.79 Å². The lowest BCUT2D eigenvalue weighted by Gasteiger charge is -2.15. The van der Waals surface area contributed by atoms with Gasteiger partial charge in [-0.25, -0.2) is 4.79 Å². The molecule has 0 aromatic heterocycles. The molecule has 0 aliphatic carbocycles. The normalized spacial score (nSPS) is 19.6. The molecule has 0 spiro atoms. The highest BCUT2D eigenvalue weighted by atomic mass is 35.5. The van der Waals surface area contributed by atoms with E-state index < -0.39 is 5.38 Å². The summed E-state index contributed by atoms with van der Waals surface area (Å²) in [5.74, 6) is 0. The molecular weight excluding hydrogens is 178 g/mol. The van der Waals surface area contributed by atoms with Crippen molar-refractivity contribution >= 4 is 17.6 Å². The van der Waals surface area contributed by atoms with Crippen LogP contribution in [-0.4, -0.2) is 47.9 Å². The number of hydrogen-bond acceptors (Lipinski definition) is 2. The lowest BCUT2D eigenvalue weighted by atomic mass is 10.4. The summed E-state index contributed by atoms with van der Waals surface area (Å²) in [6.07, 6.45) is 0. The fourth-order valence-corrected chi connectivity index (χ4v) is 1.27. The van der Waals surface area contributed by atoms with E-state index in [1.807, 2.05) is 6.07 Å². The van der Waals surface area contributed by atoms with Crippen molar-refractivity contribution in [2.24, 2.45) is 0 Å². The van der Waals surface area contributed by atoms with Crippen molar-refractivity contribution in [1.82, 2.24) is 9.80 Å². The highest BCUT2D eigenvalue weighted by Gasteiger charge is 2.26. The van der Waals surface area contributed by atoms with Gasteiger partial charge in [-0.15, -0.1) is 11.6 Å². The zero-order valence-corrected chi connectivity index (χ0v) is 7.58. The molecule has 0 saturated carbocycles. The van der Waals surface area contributed by atoms with Crippen LogP contribution in [0.5, 0.6) is 0 Å². The molecule has 1 fully saturated rings. The first kappa shape index (κ1) is 9.14. The number of hydrogen-bond donors (Lipinski definition) is 0. The van der Waals surface area contributed by atoms with Crippen LogP contribution in [0, 0.1) is 11.3 Å². The second kappa shape index (κ2) is 3.63. The summed E-state index contributed by atoms with van der Waals surface area (Å²) in [5, 5.41) is 7.82. The Bertz CT molecular complexity index is 225. The molecule has 2 amide bonds. The van der Waals surface area contributed by atoms with Crippen LogP contribution in [-0.2, 0) is 0 Å². The smallest absolute Gasteiger partial charge is 0.319 e. The monoisotopic (exact) mass is 187 g/mol. The predicted octanol–water partition coefficient (Wildman–Crippen LogP) is 0.485. The van der Waals surface area contributed by atoms with Crippen molar-refractivity contribution in [3.05, 3.63) is 0 Å². The molecule has 0 aromatic carbocycles. The molecule has 1 rings (SSSR count). The first-order valence-corrected chi connectivity index (χ1v) is 4.12. The molecule has 1 unspecified atom stereocenters. The van der Waals surface area contributed by atoms with E-state index in [0.717, 1.165) is 0 Å². The maximum Gasteiger partial charge on any atom is 0.319 e. The van der Waals surface area contributed by atoms with Crippen molar-refractivity contribution in [2.75, 3.05) is 26.7 Å². The largest absolute Gasteiger partial charge is 0.326 e. The van der Waals surface area contributed by atoms with E-state index in [0.29, 0.717) is 19.6 Å². The van der Waals surface area contributed by atoms with Crippen LogP contribution in [0.4, 0.5) is 4.79 Å².